The highest BCUT2D eigenvalue weighted by Gasteiger charge is 2.38. The van der Waals surface area contributed by atoms with Crippen LogP contribution in [0.5, 0.6) is 0 Å². The molecule has 1 amide bonds. The fraction of sp³-hybridized carbons (Fsp3) is 0.818. The van der Waals surface area contributed by atoms with Gasteiger partial charge in [-0.05, 0) is 20.4 Å². The van der Waals surface area contributed by atoms with Crippen LogP contribution in [0.25, 0.3) is 0 Å². The Hall–Kier alpha value is -0.680. The van der Waals surface area contributed by atoms with E-state index < -0.39 is 5.41 Å². The van der Waals surface area contributed by atoms with Gasteiger partial charge in [0.2, 0.25) is 5.91 Å². The third kappa shape index (κ3) is 2.52. The summed E-state index contributed by atoms with van der Waals surface area (Å²) < 4.78 is 0. The highest BCUT2D eigenvalue weighted by molar-refractivity contribution is 7.80. The minimum atomic E-state index is -0.675. The van der Waals surface area contributed by atoms with Crippen LogP contribution in [0.3, 0.4) is 0 Å². The molecular formula is C11H21N3OS. The molecule has 0 aliphatic carbocycles. The Bertz CT molecular complexity index is 287. The third-order valence-corrected chi connectivity index (χ3v) is 3.96. The van der Waals surface area contributed by atoms with Gasteiger partial charge in [0.1, 0.15) is 0 Å². The largest absolute Gasteiger partial charge is 0.392 e. The summed E-state index contributed by atoms with van der Waals surface area (Å²) in [6.07, 6.45) is 0.660. The molecule has 0 radical (unpaired) electrons. The molecule has 0 bridgehead atoms. The van der Waals surface area contributed by atoms with E-state index in [9.17, 15) is 4.79 Å². The molecular weight excluding hydrogens is 222 g/mol. The lowest BCUT2D eigenvalue weighted by atomic mass is 9.85. The zero-order chi connectivity index (χ0) is 12.3. The summed E-state index contributed by atoms with van der Waals surface area (Å²) in [5.41, 5.74) is 5.01. The van der Waals surface area contributed by atoms with Crippen molar-refractivity contribution in [3.8, 4) is 0 Å². The van der Waals surface area contributed by atoms with Gasteiger partial charge in [-0.2, -0.15) is 0 Å². The van der Waals surface area contributed by atoms with Crippen molar-refractivity contribution < 1.29 is 4.79 Å². The zero-order valence-corrected chi connectivity index (χ0v) is 11.1. The maximum absolute atomic E-state index is 12.3. The quantitative estimate of drug-likeness (QED) is 0.732. The summed E-state index contributed by atoms with van der Waals surface area (Å²) in [6, 6.07) is 0. The van der Waals surface area contributed by atoms with Crippen LogP contribution < -0.4 is 5.73 Å². The number of rotatable bonds is 3. The van der Waals surface area contributed by atoms with Crippen LogP contribution in [0, 0.1) is 5.41 Å². The number of carbonyl (C=O) groups is 1. The van der Waals surface area contributed by atoms with Gasteiger partial charge in [-0.15, -0.1) is 0 Å². The lowest BCUT2D eigenvalue weighted by molar-refractivity contribution is -0.139. The number of hydrogen-bond acceptors (Lipinski definition) is 3. The normalized spacial score (nSPS) is 21.6. The first-order chi connectivity index (χ1) is 7.41. The molecule has 1 atom stereocenters. The van der Waals surface area contributed by atoms with E-state index in [2.05, 4.69) is 11.9 Å². The average molecular weight is 243 g/mol. The van der Waals surface area contributed by atoms with Gasteiger partial charge in [-0.1, -0.05) is 19.1 Å². The standard InChI is InChI=1S/C11H21N3OS/c1-4-11(2,9(12)16)10(15)14-7-5-13(3)6-8-14/h4-8H2,1-3H3,(H2,12,16). The van der Waals surface area contributed by atoms with Crippen LogP contribution in [0.15, 0.2) is 0 Å². The van der Waals surface area contributed by atoms with E-state index in [0.717, 1.165) is 26.2 Å². The van der Waals surface area contributed by atoms with Crippen LogP contribution in [0.1, 0.15) is 20.3 Å². The van der Waals surface area contributed by atoms with Crippen LogP contribution >= 0.6 is 12.2 Å². The SMILES string of the molecule is CCC(C)(C(=O)N1CCN(C)CC1)C(N)=S. The van der Waals surface area contributed by atoms with E-state index in [1.165, 1.54) is 0 Å². The molecule has 1 aliphatic rings. The summed E-state index contributed by atoms with van der Waals surface area (Å²) in [7, 11) is 2.06. The Morgan fingerprint density at radius 1 is 1.38 bits per heavy atom. The number of nitrogens with two attached hydrogens (primary N) is 1. The van der Waals surface area contributed by atoms with Crippen LogP contribution in [-0.2, 0) is 4.79 Å². The molecule has 2 N–H and O–H groups in total. The Kier molecular flexibility index (Phi) is 4.27. The molecule has 1 aliphatic heterocycles. The number of piperazine rings is 1. The topological polar surface area (TPSA) is 49.6 Å². The molecule has 4 nitrogen and oxygen atoms in total. The molecule has 1 rings (SSSR count). The van der Waals surface area contributed by atoms with Crippen molar-refractivity contribution in [1.82, 2.24) is 9.80 Å². The first-order valence-corrected chi connectivity index (χ1v) is 6.10. The second kappa shape index (κ2) is 5.10. The zero-order valence-electron chi connectivity index (χ0n) is 10.3. The van der Waals surface area contributed by atoms with E-state index in [4.69, 9.17) is 18.0 Å². The number of carbonyl (C=O) groups excluding carboxylic acids is 1. The van der Waals surface area contributed by atoms with Gasteiger partial charge in [0.25, 0.3) is 0 Å². The molecule has 1 heterocycles. The van der Waals surface area contributed by atoms with Crippen LogP contribution in [-0.4, -0.2) is 53.9 Å². The molecule has 1 unspecified atom stereocenters. The predicted molar refractivity (Wildman–Crippen MR) is 69.3 cm³/mol. The van der Waals surface area contributed by atoms with Gasteiger partial charge < -0.3 is 15.5 Å². The first kappa shape index (κ1) is 13.4. The maximum atomic E-state index is 12.3. The maximum Gasteiger partial charge on any atom is 0.235 e. The second-order valence-corrected chi connectivity index (χ2v) is 5.09. The minimum Gasteiger partial charge on any atom is -0.392 e. The number of nitrogens with zero attached hydrogens (tertiary/aromatic N) is 2. The molecule has 0 spiro atoms. The van der Waals surface area contributed by atoms with Crippen molar-refractivity contribution >= 4 is 23.1 Å². The Labute approximate surface area is 103 Å². The molecule has 16 heavy (non-hydrogen) atoms. The van der Waals surface area contributed by atoms with Crippen molar-refractivity contribution in [2.24, 2.45) is 11.1 Å². The second-order valence-electron chi connectivity index (χ2n) is 4.65. The van der Waals surface area contributed by atoms with Gasteiger partial charge in [-0.25, -0.2) is 0 Å². The number of amides is 1. The molecule has 1 fully saturated rings. The first-order valence-electron chi connectivity index (χ1n) is 5.69. The number of thiocarbonyl (C=S) groups is 1. The lowest BCUT2D eigenvalue weighted by Crippen LogP contribution is -2.54. The van der Waals surface area contributed by atoms with Crippen molar-refractivity contribution in [1.29, 1.82) is 0 Å². The van der Waals surface area contributed by atoms with Crippen LogP contribution in [0.2, 0.25) is 0 Å². The summed E-state index contributed by atoms with van der Waals surface area (Å²) in [5.74, 6) is 0.0793. The predicted octanol–water partition coefficient (Wildman–Crippen LogP) is 0.463. The van der Waals surface area contributed by atoms with E-state index >= 15 is 0 Å². The third-order valence-electron chi connectivity index (χ3n) is 3.51. The van der Waals surface area contributed by atoms with Crippen molar-refractivity contribution in [3.63, 3.8) is 0 Å². The molecule has 0 aromatic rings. The van der Waals surface area contributed by atoms with Crippen molar-refractivity contribution in [2.75, 3.05) is 33.2 Å². The van der Waals surface area contributed by atoms with Gasteiger partial charge in [-0.3, -0.25) is 4.79 Å². The summed E-state index contributed by atoms with van der Waals surface area (Å²) in [6.45, 7) is 7.18. The fourth-order valence-electron chi connectivity index (χ4n) is 1.79. The van der Waals surface area contributed by atoms with E-state index in [0.29, 0.717) is 11.4 Å². The number of likely N-dealkylation sites (N-methyl/N-ethyl adjacent to an activating group) is 1. The van der Waals surface area contributed by atoms with Gasteiger partial charge in [0.15, 0.2) is 0 Å². The summed E-state index contributed by atoms with van der Waals surface area (Å²) in [5, 5.41) is 0. The minimum absolute atomic E-state index is 0.0793. The van der Waals surface area contributed by atoms with Gasteiger partial charge in [0.05, 0.1) is 10.4 Å². The van der Waals surface area contributed by atoms with E-state index in [-0.39, 0.29) is 5.91 Å². The molecule has 5 heteroatoms. The van der Waals surface area contributed by atoms with Crippen molar-refractivity contribution in [3.05, 3.63) is 0 Å². The lowest BCUT2D eigenvalue weighted by Gasteiger charge is -2.38. The Morgan fingerprint density at radius 3 is 2.25 bits per heavy atom. The Balaban J connectivity index is 2.73. The van der Waals surface area contributed by atoms with Gasteiger partial charge in [0, 0.05) is 26.2 Å². The fourth-order valence-corrected chi connectivity index (χ4v) is 2.02. The molecule has 1 saturated heterocycles. The smallest absolute Gasteiger partial charge is 0.235 e. The van der Waals surface area contributed by atoms with Crippen LogP contribution in [0.4, 0.5) is 0 Å². The molecule has 92 valence electrons. The number of hydrogen-bond donors (Lipinski definition) is 1. The molecule has 0 aromatic carbocycles. The Morgan fingerprint density at radius 2 is 1.88 bits per heavy atom. The summed E-state index contributed by atoms with van der Waals surface area (Å²) in [4.78, 5) is 16.7. The van der Waals surface area contributed by atoms with Gasteiger partial charge >= 0.3 is 0 Å². The highest BCUT2D eigenvalue weighted by atomic mass is 32.1. The van der Waals surface area contributed by atoms with Crippen molar-refractivity contribution in [2.45, 2.75) is 20.3 Å². The monoisotopic (exact) mass is 243 g/mol. The summed E-state index contributed by atoms with van der Waals surface area (Å²) >= 11 is 5.02. The molecule has 0 aromatic heterocycles. The highest BCUT2D eigenvalue weighted by Crippen LogP contribution is 2.25. The average Bonchev–Trinajstić information content (AvgIpc) is 2.27. The van der Waals surface area contributed by atoms with E-state index in [1.54, 1.807) is 0 Å². The van der Waals surface area contributed by atoms with E-state index in [1.807, 2.05) is 18.7 Å². The molecule has 0 saturated carbocycles.